The number of phenolic OH excluding ortho intramolecular Hbond substituents is 1. The third kappa shape index (κ3) is 4.83. The molecule has 1 amide bonds. The Morgan fingerprint density at radius 3 is 2.50 bits per heavy atom. The zero-order chi connectivity index (χ0) is 18.4. The molecule has 6 heteroatoms. The van der Waals surface area contributed by atoms with Crippen molar-refractivity contribution in [2.45, 2.75) is 12.8 Å². The van der Waals surface area contributed by atoms with Gasteiger partial charge in [0.25, 0.3) is 5.91 Å². The van der Waals surface area contributed by atoms with E-state index in [9.17, 15) is 9.90 Å². The molecule has 5 nitrogen and oxygen atoms in total. The smallest absolute Gasteiger partial charge is 0.270 e. The van der Waals surface area contributed by atoms with Gasteiger partial charge >= 0.3 is 0 Å². The number of carbonyl (C=O) groups excluding carboxylic acids is 1. The summed E-state index contributed by atoms with van der Waals surface area (Å²) in [6, 6.07) is 14.8. The summed E-state index contributed by atoms with van der Waals surface area (Å²) in [5.74, 6) is 0.896. The SMILES string of the molecule is COc1ccc(Cc2nc(C(=O)NCCc3ccc(O)cc3)cs2)cc1. The molecule has 2 aromatic carbocycles. The number of aromatic hydroxyl groups is 1. The van der Waals surface area contributed by atoms with Gasteiger partial charge in [-0.2, -0.15) is 0 Å². The second kappa shape index (κ2) is 8.49. The summed E-state index contributed by atoms with van der Waals surface area (Å²) in [5, 5.41) is 14.8. The van der Waals surface area contributed by atoms with Crippen LogP contribution in [0.4, 0.5) is 0 Å². The van der Waals surface area contributed by atoms with Crippen LogP contribution in [-0.4, -0.2) is 29.7 Å². The molecule has 0 saturated heterocycles. The molecule has 0 fully saturated rings. The number of amides is 1. The Morgan fingerprint density at radius 2 is 1.81 bits per heavy atom. The van der Waals surface area contributed by atoms with E-state index in [4.69, 9.17) is 4.74 Å². The van der Waals surface area contributed by atoms with Gasteiger partial charge in [-0.05, 0) is 41.8 Å². The van der Waals surface area contributed by atoms with Gasteiger partial charge in [-0.3, -0.25) is 4.79 Å². The highest BCUT2D eigenvalue weighted by atomic mass is 32.1. The van der Waals surface area contributed by atoms with Crippen molar-refractivity contribution in [1.82, 2.24) is 10.3 Å². The van der Waals surface area contributed by atoms with Crippen LogP contribution in [0.3, 0.4) is 0 Å². The lowest BCUT2D eigenvalue weighted by atomic mass is 10.1. The first-order valence-electron chi connectivity index (χ1n) is 8.27. The van der Waals surface area contributed by atoms with Gasteiger partial charge in [0, 0.05) is 18.3 Å². The second-order valence-corrected chi connectivity index (χ2v) is 6.77. The minimum Gasteiger partial charge on any atom is -0.508 e. The third-order valence-electron chi connectivity index (χ3n) is 3.93. The minimum absolute atomic E-state index is 0.166. The van der Waals surface area contributed by atoms with E-state index in [-0.39, 0.29) is 11.7 Å². The molecular formula is C20H20N2O3S. The van der Waals surface area contributed by atoms with Gasteiger partial charge in [0.05, 0.1) is 12.1 Å². The van der Waals surface area contributed by atoms with E-state index in [1.807, 2.05) is 36.4 Å². The van der Waals surface area contributed by atoms with Crippen LogP contribution in [0.15, 0.2) is 53.9 Å². The van der Waals surface area contributed by atoms with Gasteiger partial charge in [-0.25, -0.2) is 4.98 Å². The molecule has 1 aromatic heterocycles. The first-order chi connectivity index (χ1) is 12.6. The lowest BCUT2D eigenvalue weighted by molar-refractivity contribution is 0.0949. The molecule has 134 valence electrons. The molecule has 0 aliphatic heterocycles. The summed E-state index contributed by atoms with van der Waals surface area (Å²) < 4.78 is 5.15. The van der Waals surface area contributed by atoms with Gasteiger partial charge < -0.3 is 15.2 Å². The molecule has 0 unspecified atom stereocenters. The fraction of sp³-hybridized carbons (Fsp3) is 0.200. The summed E-state index contributed by atoms with van der Waals surface area (Å²) in [5.41, 5.74) is 2.63. The lowest BCUT2D eigenvalue weighted by Gasteiger charge is -2.04. The number of aromatic nitrogens is 1. The molecule has 0 aliphatic carbocycles. The van der Waals surface area contributed by atoms with E-state index in [2.05, 4.69) is 10.3 Å². The molecular weight excluding hydrogens is 348 g/mol. The van der Waals surface area contributed by atoms with Gasteiger partial charge in [-0.15, -0.1) is 11.3 Å². The Balaban J connectivity index is 1.51. The first-order valence-corrected chi connectivity index (χ1v) is 9.15. The number of nitrogens with zero attached hydrogens (tertiary/aromatic N) is 1. The molecule has 3 aromatic rings. The van der Waals surface area contributed by atoms with Crippen molar-refractivity contribution >= 4 is 17.2 Å². The molecule has 0 aliphatic rings. The fourth-order valence-corrected chi connectivity index (χ4v) is 3.30. The van der Waals surface area contributed by atoms with E-state index in [1.54, 1.807) is 24.6 Å². The molecule has 0 atom stereocenters. The Kier molecular flexibility index (Phi) is 5.86. The van der Waals surface area contributed by atoms with Crippen molar-refractivity contribution in [1.29, 1.82) is 0 Å². The standard InChI is InChI=1S/C20H20N2O3S/c1-25-17-8-4-15(5-9-17)12-19-22-18(13-26-19)20(24)21-11-10-14-2-6-16(23)7-3-14/h2-9,13,23H,10-12H2,1H3,(H,21,24). The van der Waals surface area contributed by atoms with Gasteiger partial charge in [0.2, 0.25) is 0 Å². The van der Waals surface area contributed by atoms with Gasteiger partial charge in [-0.1, -0.05) is 24.3 Å². The van der Waals surface area contributed by atoms with E-state index in [0.29, 0.717) is 25.1 Å². The van der Waals surface area contributed by atoms with Crippen LogP contribution in [0.5, 0.6) is 11.5 Å². The predicted octanol–water partition coefficient (Wildman–Crippen LogP) is 3.42. The second-order valence-electron chi connectivity index (χ2n) is 5.82. The van der Waals surface area contributed by atoms with Gasteiger partial charge in [0.15, 0.2) is 0 Å². The van der Waals surface area contributed by atoms with Crippen LogP contribution in [-0.2, 0) is 12.8 Å². The van der Waals surface area contributed by atoms with Crippen LogP contribution in [0.1, 0.15) is 26.6 Å². The summed E-state index contributed by atoms with van der Waals surface area (Å²) in [6.07, 6.45) is 1.39. The minimum atomic E-state index is -0.166. The average molecular weight is 368 g/mol. The van der Waals surface area contributed by atoms with E-state index in [0.717, 1.165) is 21.9 Å². The summed E-state index contributed by atoms with van der Waals surface area (Å²) in [4.78, 5) is 16.6. The van der Waals surface area contributed by atoms with Crippen LogP contribution in [0.2, 0.25) is 0 Å². The van der Waals surface area contributed by atoms with Crippen LogP contribution in [0, 0.1) is 0 Å². The lowest BCUT2D eigenvalue weighted by Crippen LogP contribution is -2.26. The molecule has 0 spiro atoms. The number of phenols is 1. The zero-order valence-electron chi connectivity index (χ0n) is 14.4. The van der Waals surface area contributed by atoms with Crippen molar-refractivity contribution in [2.75, 3.05) is 13.7 Å². The number of methoxy groups -OCH3 is 1. The molecule has 26 heavy (non-hydrogen) atoms. The zero-order valence-corrected chi connectivity index (χ0v) is 15.3. The van der Waals surface area contributed by atoms with Crippen molar-refractivity contribution in [3.05, 3.63) is 75.7 Å². The highest BCUT2D eigenvalue weighted by Gasteiger charge is 2.11. The normalized spacial score (nSPS) is 10.5. The first kappa shape index (κ1) is 17.9. The third-order valence-corrected chi connectivity index (χ3v) is 4.78. The molecule has 1 heterocycles. The number of hydrogen-bond acceptors (Lipinski definition) is 5. The topological polar surface area (TPSA) is 71.5 Å². The fourth-order valence-electron chi connectivity index (χ4n) is 2.49. The van der Waals surface area contributed by atoms with Crippen LogP contribution >= 0.6 is 11.3 Å². The monoisotopic (exact) mass is 368 g/mol. The summed E-state index contributed by atoms with van der Waals surface area (Å²) in [6.45, 7) is 0.523. The number of ether oxygens (including phenoxy) is 1. The van der Waals surface area contributed by atoms with Gasteiger partial charge in [0.1, 0.15) is 17.2 Å². The Bertz CT molecular complexity index is 858. The number of hydrogen-bond donors (Lipinski definition) is 2. The Labute approximate surface area is 156 Å². The Morgan fingerprint density at radius 1 is 1.12 bits per heavy atom. The molecule has 0 saturated carbocycles. The van der Waals surface area contributed by atoms with Crippen molar-refractivity contribution in [3.63, 3.8) is 0 Å². The summed E-state index contributed by atoms with van der Waals surface area (Å²) in [7, 11) is 1.64. The molecule has 0 bridgehead atoms. The maximum absolute atomic E-state index is 12.2. The van der Waals surface area contributed by atoms with Crippen molar-refractivity contribution < 1.29 is 14.6 Å². The average Bonchev–Trinajstić information content (AvgIpc) is 3.12. The maximum atomic E-state index is 12.2. The van der Waals surface area contributed by atoms with E-state index >= 15 is 0 Å². The largest absolute Gasteiger partial charge is 0.508 e. The quantitative estimate of drug-likeness (QED) is 0.670. The highest BCUT2D eigenvalue weighted by molar-refractivity contribution is 7.09. The number of rotatable bonds is 7. The number of benzene rings is 2. The van der Waals surface area contributed by atoms with Crippen LogP contribution < -0.4 is 10.1 Å². The highest BCUT2D eigenvalue weighted by Crippen LogP contribution is 2.17. The summed E-state index contributed by atoms with van der Waals surface area (Å²) >= 11 is 1.48. The molecule has 0 radical (unpaired) electrons. The number of nitrogens with one attached hydrogen (secondary N) is 1. The van der Waals surface area contributed by atoms with E-state index < -0.39 is 0 Å². The van der Waals surface area contributed by atoms with Crippen molar-refractivity contribution in [3.8, 4) is 11.5 Å². The molecule has 3 rings (SSSR count). The predicted molar refractivity (Wildman–Crippen MR) is 102 cm³/mol. The van der Waals surface area contributed by atoms with Crippen LogP contribution in [0.25, 0.3) is 0 Å². The van der Waals surface area contributed by atoms with Crippen molar-refractivity contribution in [2.24, 2.45) is 0 Å². The van der Waals surface area contributed by atoms with E-state index in [1.165, 1.54) is 11.3 Å². The molecule has 2 N–H and O–H groups in total. The Hall–Kier alpha value is -2.86. The number of carbonyl (C=O) groups is 1. The maximum Gasteiger partial charge on any atom is 0.270 e. The number of thiazole rings is 1.